The van der Waals surface area contributed by atoms with E-state index >= 15 is 0 Å². The summed E-state index contributed by atoms with van der Waals surface area (Å²) in [6.07, 6.45) is -6.36. The van der Waals surface area contributed by atoms with Crippen molar-refractivity contribution >= 4 is 11.6 Å². The number of alkyl halides is 4. The van der Waals surface area contributed by atoms with Gasteiger partial charge < -0.3 is 4.90 Å². The van der Waals surface area contributed by atoms with Gasteiger partial charge in [-0.2, -0.15) is 13.2 Å². The molecule has 0 saturated heterocycles. The van der Waals surface area contributed by atoms with Crippen molar-refractivity contribution in [2.75, 3.05) is 11.4 Å². The van der Waals surface area contributed by atoms with Crippen LogP contribution in [0.15, 0.2) is 24.3 Å². The second kappa shape index (κ2) is 4.01. The predicted octanol–water partition coefficient (Wildman–Crippen LogP) is 3.00. The Bertz CT molecular complexity index is 443. The molecule has 0 aromatic heterocycles. The number of hydrogen-bond donors (Lipinski definition) is 0. The molecule has 0 spiro atoms. The molecule has 92 valence electrons. The molecule has 1 aliphatic heterocycles. The van der Waals surface area contributed by atoms with Gasteiger partial charge in [0, 0.05) is 18.5 Å². The maximum Gasteiger partial charge on any atom is 0.471 e. The highest BCUT2D eigenvalue weighted by Gasteiger charge is 2.44. The van der Waals surface area contributed by atoms with Gasteiger partial charge in [0.25, 0.3) is 0 Å². The quantitative estimate of drug-likeness (QED) is 0.645. The second-order valence-electron chi connectivity index (χ2n) is 3.77. The van der Waals surface area contributed by atoms with Crippen LogP contribution in [0.2, 0.25) is 0 Å². The molecule has 1 aliphatic rings. The number of amides is 1. The molecule has 0 saturated carbocycles. The Labute approximate surface area is 94.8 Å². The summed E-state index contributed by atoms with van der Waals surface area (Å²) in [5.74, 6) is -1.95. The smallest absolute Gasteiger partial charge is 0.304 e. The first-order chi connectivity index (χ1) is 7.91. The van der Waals surface area contributed by atoms with Crippen molar-refractivity contribution in [1.29, 1.82) is 0 Å². The minimum atomic E-state index is -4.93. The Kier molecular flexibility index (Phi) is 2.81. The number of benzene rings is 1. The van der Waals surface area contributed by atoms with Gasteiger partial charge in [0.05, 0.1) is 5.69 Å². The molecule has 2 rings (SSSR count). The van der Waals surface area contributed by atoms with Crippen molar-refractivity contribution in [2.24, 2.45) is 0 Å². The number of rotatable bonds is 0. The Morgan fingerprint density at radius 2 is 1.94 bits per heavy atom. The van der Waals surface area contributed by atoms with Crippen LogP contribution in [0.4, 0.5) is 23.2 Å². The van der Waals surface area contributed by atoms with Crippen LogP contribution >= 0.6 is 0 Å². The number of hydrogen-bond acceptors (Lipinski definition) is 1. The van der Waals surface area contributed by atoms with Crippen molar-refractivity contribution in [3.05, 3.63) is 29.8 Å². The van der Waals surface area contributed by atoms with Crippen LogP contribution < -0.4 is 4.90 Å². The summed E-state index contributed by atoms with van der Waals surface area (Å²) in [6, 6.07) is 5.74. The average Bonchev–Trinajstić information content (AvgIpc) is 2.28. The Morgan fingerprint density at radius 3 is 2.59 bits per heavy atom. The maximum atomic E-state index is 13.5. The minimum absolute atomic E-state index is 0.00794. The highest BCUT2D eigenvalue weighted by atomic mass is 19.4. The molecule has 0 aliphatic carbocycles. The number of nitrogens with zero attached hydrogens (tertiary/aromatic N) is 1. The number of carbonyl (C=O) groups excluding carboxylic acids is 1. The second-order valence-corrected chi connectivity index (χ2v) is 3.77. The van der Waals surface area contributed by atoms with E-state index in [4.69, 9.17) is 0 Å². The van der Waals surface area contributed by atoms with Gasteiger partial charge in [-0.05, 0) is 6.07 Å². The molecule has 0 fully saturated rings. The van der Waals surface area contributed by atoms with E-state index in [0.29, 0.717) is 4.90 Å². The summed E-state index contributed by atoms with van der Waals surface area (Å²) < 4.78 is 50.5. The topological polar surface area (TPSA) is 20.3 Å². The van der Waals surface area contributed by atoms with Crippen LogP contribution in [0, 0.1) is 0 Å². The summed E-state index contributed by atoms with van der Waals surface area (Å²) in [5.41, 5.74) is 0.143. The number of halogens is 4. The van der Waals surface area contributed by atoms with E-state index in [1.165, 1.54) is 24.3 Å². The molecular formula is C11H9F4NO. The van der Waals surface area contributed by atoms with E-state index < -0.39 is 18.3 Å². The van der Waals surface area contributed by atoms with E-state index in [1.807, 2.05) is 0 Å². The number of carbonyl (C=O) groups is 1. The van der Waals surface area contributed by atoms with Gasteiger partial charge in [-0.1, -0.05) is 18.2 Å². The van der Waals surface area contributed by atoms with Gasteiger partial charge in [-0.3, -0.25) is 4.79 Å². The van der Waals surface area contributed by atoms with Crippen molar-refractivity contribution in [2.45, 2.75) is 18.8 Å². The van der Waals surface area contributed by atoms with Crippen molar-refractivity contribution in [3.8, 4) is 0 Å². The predicted molar refractivity (Wildman–Crippen MR) is 53.3 cm³/mol. The lowest BCUT2D eigenvalue weighted by Crippen LogP contribution is -2.44. The molecule has 0 radical (unpaired) electrons. The van der Waals surface area contributed by atoms with Gasteiger partial charge in [-0.25, -0.2) is 4.39 Å². The van der Waals surface area contributed by atoms with Crippen molar-refractivity contribution in [1.82, 2.24) is 0 Å². The van der Waals surface area contributed by atoms with Crippen LogP contribution in [-0.4, -0.2) is 18.6 Å². The lowest BCUT2D eigenvalue weighted by molar-refractivity contribution is -0.170. The van der Waals surface area contributed by atoms with Gasteiger partial charge >= 0.3 is 12.1 Å². The fraction of sp³-hybridized carbons (Fsp3) is 0.364. The van der Waals surface area contributed by atoms with Gasteiger partial charge in [0.1, 0.15) is 6.17 Å². The molecule has 1 amide bonds. The van der Waals surface area contributed by atoms with Gasteiger partial charge in [0.2, 0.25) is 0 Å². The molecule has 0 bridgehead atoms. The standard InChI is InChI=1S/C11H9F4NO/c12-8-5-6-16(10(17)11(13,14)15)9-4-2-1-3-7(8)9/h1-4,8H,5-6H2. The third-order valence-corrected chi connectivity index (χ3v) is 2.66. The molecule has 6 heteroatoms. The third-order valence-electron chi connectivity index (χ3n) is 2.66. The van der Waals surface area contributed by atoms with E-state index in [0.717, 1.165) is 0 Å². The molecule has 1 aromatic carbocycles. The summed E-state index contributed by atoms with van der Waals surface area (Å²) in [4.78, 5) is 11.8. The minimum Gasteiger partial charge on any atom is -0.304 e. The SMILES string of the molecule is O=C(N1CCC(F)c2ccccc21)C(F)(F)F. The van der Waals surface area contributed by atoms with Crippen LogP contribution in [-0.2, 0) is 4.79 Å². The monoisotopic (exact) mass is 247 g/mol. The zero-order chi connectivity index (χ0) is 12.6. The molecule has 2 nitrogen and oxygen atoms in total. The Balaban J connectivity index is 2.40. The van der Waals surface area contributed by atoms with E-state index in [9.17, 15) is 22.4 Å². The summed E-state index contributed by atoms with van der Waals surface area (Å²) in [5, 5.41) is 0. The van der Waals surface area contributed by atoms with E-state index in [1.54, 1.807) is 0 Å². The van der Waals surface area contributed by atoms with Crippen LogP contribution in [0.3, 0.4) is 0 Å². The largest absolute Gasteiger partial charge is 0.471 e. The zero-order valence-electron chi connectivity index (χ0n) is 8.67. The van der Waals surface area contributed by atoms with Gasteiger partial charge in [0.15, 0.2) is 0 Å². The van der Waals surface area contributed by atoms with Crippen LogP contribution in [0.5, 0.6) is 0 Å². The normalized spacial score (nSPS) is 20.0. The molecular weight excluding hydrogens is 238 g/mol. The molecule has 17 heavy (non-hydrogen) atoms. The first-order valence-electron chi connectivity index (χ1n) is 5.03. The molecule has 1 heterocycles. The summed E-state index contributed by atoms with van der Waals surface area (Å²) in [6.45, 7) is -0.253. The first kappa shape index (κ1) is 11.9. The number of fused-ring (bicyclic) bond motifs is 1. The van der Waals surface area contributed by atoms with E-state index in [-0.39, 0.29) is 24.2 Å². The summed E-state index contributed by atoms with van der Waals surface area (Å²) in [7, 11) is 0. The molecule has 1 unspecified atom stereocenters. The van der Waals surface area contributed by atoms with Gasteiger partial charge in [-0.15, -0.1) is 0 Å². The fourth-order valence-corrected chi connectivity index (χ4v) is 1.88. The Hall–Kier alpha value is -1.59. The summed E-state index contributed by atoms with van der Waals surface area (Å²) >= 11 is 0. The lowest BCUT2D eigenvalue weighted by Gasteiger charge is -2.31. The first-order valence-corrected chi connectivity index (χ1v) is 5.03. The molecule has 1 aromatic rings. The maximum absolute atomic E-state index is 13.5. The van der Waals surface area contributed by atoms with Crippen molar-refractivity contribution < 1.29 is 22.4 Å². The van der Waals surface area contributed by atoms with E-state index in [2.05, 4.69) is 0 Å². The van der Waals surface area contributed by atoms with Crippen LogP contribution in [0.1, 0.15) is 18.2 Å². The lowest BCUT2D eigenvalue weighted by atomic mass is 10.00. The number of anilines is 1. The molecule has 0 N–H and O–H groups in total. The van der Waals surface area contributed by atoms with Crippen molar-refractivity contribution in [3.63, 3.8) is 0 Å². The average molecular weight is 247 g/mol. The fourth-order valence-electron chi connectivity index (χ4n) is 1.88. The highest BCUT2D eigenvalue weighted by molar-refractivity contribution is 5.98. The van der Waals surface area contributed by atoms with Crippen LogP contribution in [0.25, 0.3) is 0 Å². The zero-order valence-corrected chi connectivity index (χ0v) is 8.67. The number of para-hydroxylation sites is 1. The molecule has 1 atom stereocenters. The Morgan fingerprint density at radius 1 is 1.29 bits per heavy atom. The third kappa shape index (κ3) is 2.11. The highest BCUT2D eigenvalue weighted by Crippen LogP contribution is 2.37.